The number of carbonyl (C=O) groups excluding carboxylic acids is 2. The molecule has 1 fully saturated rings. The van der Waals surface area contributed by atoms with Gasteiger partial charge in [-0.15, -0.1) is 0 Å². The highest BCUT2D eigenvalue weighted by Crippen LogP contribution is 2.48. The van der Waals surface area contributed by atoms with Crippen LogP contribution in [-0.2, 0) is 15.2 Å². The number of anilines is 1. The SMILES string of the molecule is CC(C)(C)OC(=O)NC1=N[C@@]2(c3cc(NC(=O)c4ccc(Br)cn4)ccc3F)OCCC2CS1. The number of halogens is 2. The van der Waals surface area contributed by atoms with Crippen molar-refractivity contribution in [3.63, 3.8) is 0 Å². The Labute approximate surface area is 209 Å². The van der Waals surface area contributed by atoms with Gasteiger partial charge in [0, 0.05) is 33.6 Å². The van der Waals surface area contributed by atoms with Gasteiger partial charge >= 0.3 is 6.09 Å². The van der Waals surface area contributed by atoms with Crippen LogP contribution in [0.5, 0.6) is 0 Å². The lowest BCUT2D eigenvalue weighted by molar-refractivity contribution is -0.0173. The molecule has 1 aromatic heterocycles. The van der Waals surface area contributed by atoms with Crippen LogP contribution in [-0.4, -0.2) is 40.1 Å². The summed E-state index contributed by atoms with van der Waals surface area (Å²) < 4.78 is 27.2. The van der Waals surface area contributed by atoms with Gasteiger partial charge in [0.25, 0.3) is 5.91 Å². The van der Waals surface area contributed by atoms with Gasteiger partial charge in [0.1, 0.15) is 17.1 Å². The highest BCUT2D eigenvalue weighted by Gasteiger charge is 2.50. The van der Waals surface area contributed by atoms with Crippen LogP contribution in [0.4, 0.5) is 14.9 Å². The van der Waals surface area contributed by atoms with Crippen molar-refractivity contribution >= 4 is 50.5 Å². The summed E-state index contributed by atoms with van der Waals surface area (Å²) in [5.41, 5.74) is -1.18. The first-order chi connectivity index (χ1) is 16.1. The van der Waals surface area contributed by atoms with Crippen molar-refractivity contribution < 1.29 is 23.5 Å². The van der Waals surface area contributed by atoms with Crippen molar-refractivity contribution in [1.29, 1.82) is 0 Å². The number of aromatic nitrogens is 1. The van der Waals surface area contributed by atoms with E-state index in [0.29, 0.717) is 29.6 Å². The number of hydrogen-bond donors (Lipinski definition) is 2. The number of nitrogens with one attached hydrogen (secondary N) is 2. The molecule has 8 nitrogen and oxygen atoms in total. The van der Waals surface area contributed by atoms with Gasteiger partial charge in [-0.25, -0.2) is 19.2 Å². The molecule has 2 N–H and O–H groups in total. The third-order valence-corrected chi connectivity index (χ3v) is 6.71. The summed E-state index contributed by atoms with van der Waals surface area (Å²) in [5.74, 6) is -0.469. The van der Waals surface area contributed by atoms with Crippen LogP contribution in [0, 0.1) is 11.7 Å². The highest BCUT2D eigenvalue weighted by molar-refractivity contribution is 9.10. The van der Waals surface area contributed by atoms with E-state index in [9.17, 15) is 9.59 Å². The largest absolute Gasteiger partial charge is 0.444 e. The van der Waals surface area contributed by atoms with Crippen molar-refractivity contribution in [2.45, 2.75) is 38.5 Å². The monoisotopic (exact) mass is 550 g/mol. The first-order valence-corrected chi connectivity index (χ1v) is 12.4. The number of ether oxygens (including phenoxy) is 2. The fourth-order valence-electron chi connectivity index (χ4n) is 3.75. The quantitative estimate of drug-likeness (QED) is 0.554. The standard InChI is InChI=1S/C23H24BrFN4O4S/c1-22(2,3)33-21(31)28-20-29-23(13(12-34-20)8-9-32-23)16-10-15(5-6-17(16)25)27-19(30)18-7-4-14(24)11-26-18/h4-7,10-11,13H,8-9,12H2,1-3H3,(H,27,30)(H,28,29,31)/t13?,23-/m1/s1. The number of thioether (sulfide) groups is 1. The Hall–Kier alpha value is -2.50. The van der Waals surface area contributed by atoms with E-state index in [1.807, 2.05) is 0 Å². The van der Waals surface area contributed by atoms with E-state index in [0.717, 1.165) is 4.47 Å². The molecule has 0 radical (unpaired) electrons. The number of pyridine rings is 1. The lowest BCUT2D eigenvalue weighted by atomic mass is 9.89. The van der Waals surface area contributed by atoms with Crippen LogP contribution in [0.15, 0.2) is 46.0 Å². The van der Waals surface area contributed by atoms with Gasteiger partial charge in [0.2, 0.25) is 0 Å². The number of alkyl carbamates (subject to hydrolysis) is 1. The Morgan fingerprint density at radius 2 is 2.06 bits per heavy atom. The maximum absolute atomic E-state index is 15.1. The molecule has 2 aromatic rings. The number of amides is 2. The molecule has 34 heavy (non-hydrogen) atoms. The second-order valence-electron chi connectivity index (χ2n) is 8.90. The van der Waals surface area contributed by atoms with Crippen LogP contribution >= 0.6 is 27.7 Å². The third kappa shape index (κ3) is 5.42. The van der Waals surface area contributed by atoms with Crippen molar-refractivity contribution in [3.8, 4) is 0 Å². The Kier molecular flexibility index (Phi) is 6.97. The maximum atomic E-state index is 15.1. The summed E-state index contributed by atoms with van der Waals surface area (Å²) in [6.45, 7) is 5.68. The number of amidine groups is 1. The number of aliphatic imine (C=N–C) groups is 1. The molecular weight excluding hydrogens is 527 g/mol. The molecular formula is C23H24BrFN4O4S. The van der Waals surface area contributed by atoms with Crippen molar-refractivity contribution in [3.05, 3.63) is 58.1 Å². The van der Waals surface area contributed by atoms with Gasteiger partial charge in [-0.05, 0) is 73.5 Å². The van der Waals surface area contributed by atoms with E-state index in [1.54, 1.807) is 32.9 Å². The van der Waals surface area contributed by atoms with Crippen LogP contribution < -0.4 is 10.6 Å². The molecule has 0 aliphatic carbocycles. The van der Waals surface area contributed by atoms with Gasteiger partial charge in [-0.3, -0.25) is 10.1 Å². The summed E-state index contributed by atoms with van der Waals surface area (Å²) in [5, 5.41) is 5.68. The lowest BCUT2D eigenvalue weighted by Crippen LogP contribution is -2.42. The summed E-state index contributed by atoms with van der Waals surface area (Å²) >= 11 is 4.64. The zero-order valence-electron chi connectivity index (χ0n) is 18.9. The normalized spacial score (nSPS) is 21.9. The minimum atomic E-state index is -1.31. The van der Waals surface area contributed by atoms with Gasteiger partial charge in [-0.2, -0.15) is 0 Å². The van der Waals surface area contributed by atoms with Crippen LogP contribution in [0.25, 0.3) is 0 Å². The number of carbonyl (C=O) groups is 2. The average molecular weight is 551 g/mol. The molecule has 180 valence electrons. The summed E-state index contributed by atoms with van der Waals surface area (Å²) in [4.78, 5) is 33.6. The number of rotatable bonds is 3. The van der Waals surface area contributed by atoms with E-state index >= 15 is 4.39 Å². The predicted molar refractivity (Wildman–Crippen MR) is 131 cm³/mol. The molecule has 2 aliphatic heterocycles. The van der Waals surface area contributed by atoms with Gasteiger partial charge in [0.15, 0.2) is 10.9 Å². The lowest BCUT2D eigenvalue weighted by Gasteiger charge is -2.35. The van der Waals surface area contributed by atoms with Crippen molar-refractivity contribution in [2.75, 3.05) is 17.7 Å². The zero-order chi connectivity index (χ0) is 24.5. The van der Waals surface area contributed by atoms with E-state index in [-0.39, 0.29) is 17.2 Å². The predicted octanol–water partition coefficient (Wildman–Crippen LogP) is 5.05. The fourth-order valence-corrected chi connectivity index (χ4v) is 5.09. The molecule has 1 unspecified atom stereocenters. The summed E-state index contributed by atoms with van der Waals surface area (Å²) in [6.07, 6.45) is 1.57. The second kappa shape index (κ2) is 9.63. The average Bonchev–Trinajstić information content (AvgIpc) is 3.18. The summed E-state index contributed by atoms with van der Waals surface area (Å²) in [6, 6.07) is 7.55. The minimum absolute atomic E-state index is 0.102. The number of hydrogen-bond acceptors (Lipinski definition) is 7. The topological polar surface area (TPSA) is 102 Å². The Morgan fingerprint density at radius 3 is 2.76 bits per heavy atom. The van der Waals surface area contributed by atoms with E-state index in [4.69, 9.17) is 9.47 Å². The number of nitrogens with zero attached hydrogens (tertiary/aromatic N) is 2. The fraction of sp³-hybridized carbons (Fsp3) is 0.391. The van der Waals surface area contributed by atoms with Crippen molar-refractivity contribution in [1.82, 2.24) is 10.3 Å². The molecule has 11 heteroatoms. The highest BCUT2D eigenvalue weighted by atomic mass is 79.9. The van der Waals surface area contributed by atoms with E-state index in [2.05, 4.69) is 36.5 Å². The van der Waals surface area contributed by atoms with Crippen LogP contribution in [0.3, 0.4) is 0 Å². The Morgan fingerprint density at radius 1 is 1.26 bits per heavy atom. The van der Waals surface area contributed by atoms with Crippen LogP contribution in [0.2, 0.25) is 0 Å². The van der Waals surface area contributed by atoms with Crippen LogP contribution in [0.1, 0.15) is 43.2 Å². The van der Waals surface area contributed by atoms with E-state index in [1.165, 1.54) is 36.2 Å². The van der Waals surface area contributed by atoms with E-state index < -0.39 is 29.1 Å². The first kappa shape index (κ1) is 24.6. The number of benzene rings is 1. The zero-order valence-corrected chi connectivity index (χ0v) is 21.3. The third-order valence-electron chi connectivity index (χ3n) is 5.21. The molecule has 4 rings (SSSR count). The smallest absolute Gasteiger partial charge is 0.413 e. The molecule has 2 aliphatic rings. The second-order valence-corrected chi connectivity index (χ2v) is 10.8. The van der Waals surface area contributed by atoms with Gasteiger partial charge < -0.3 is 14.8 Å². The minimum Gasteiger partial charge on any atom is -0.444 e. The first-order valence-electron chi connectivity index (χ1n) is 10.7. The Bertz CT molecular complexity index is 1140. The summed E-state index contributed by atoms with van der Waals surface area (Å²) in [7, 11) is 0. The molecule has 1 aromatic carbocycles. The van der Waals surface area contributed by atoms with Crippen molar-refractivity contribution in [2.24, 2.45) is 10.9 Å². The van der Waals surface area contributed by atoms with Gasteiger partial charge in [0.05, 0.1) is 6.61 Å². The maximum Gasteiger partial charge on any atom is 0.413 e. The molecule has 0 saturated carbocycles. The molecule has 0 spiro atoms. The molecule has 1 saturated heterocycles. The number of fused-ring (bicyclic) bond motifs is 1. The molecule has 2 atom stereocenters. The molecule has 3 heterocycles. The Balaban J connectivity index is 1.62. The molecule has 0 bridgehead atoms. The molecule has 2 amide bonds. The van der Waals surface area contributed by atoms with Gasteiger partial charge in [-0.1, -0.05) is 11.8 Å².